The molecule has 2 fully saturated rings. The molecule has 0 aromatic heterocycles. The summed E-state index contributed by atoms with van der Waals surface area (Å²) in [6.07, 6.45) is 11.3. The minimum atomic E-state index is 0.820. The van der Waals surface area contributed by atoms with Crippen LogP contribution < -0.4 is 5.32 Å². The first-order valence-corrected chi connectivity index (χ1v) is 7.80. The molecule has 2 aliphatic rings. The van der Waals surface area contributed by atoms with Gasteiger partial charge in [0.2, 0.25) is 0 Å². The van der Waals surface area contributed by atoms with E-state index in [1.54, 1.807) is 0 Å². The van der Waals surface area contributed by atoms with Crippen molar-refractivity contribution in [2.24, 2.45) is 5.92 Å². The van der Waals surface area contributed by atoms with Crippen LogP contribution in [0.2, 0.25) is 0 Å². The lowest BCUT2D eigenvalue weighted by atomic mass is 9.87. The van der Waals surface area contributed by atoms with Gasteiger partial charge in [-0.2, -0.15) is 0 Å². The number of hydrogen-bond donors (Lipinski definition) is 1. The quantitative estimate of drug-likeness (QED) is 0.741. The SMILES string of the molecule is CC1CCCC(NCCCN2CCCCC2)C1. The molecule has 2 unspecified atom stereocenters. The van der Waals surface area contributed by atoms with E-state index in [1.807, 2.05) is 0 Å². The smallest absolute Gasteiger partial charge is 0.00696 e. The van der Waals surface area contributed by atoms with E-state index < -0.39 is 0 Å². The Kier molecular flexibility index (Phi) is 5.79. The highest BCUT2D eigenvalue weighted by molar-refractivity contribution is 4.76. The Morgan fingerprint density at radius 1 is 1.06 bits per heavy atom. The van der Waals surface area contributed by atoms with Crippen LogP contribution in [0.3, 0.4) is 0 Å². The Balaban J connectivity index is 1.50. The standard InChI is InChI=1S/C15H30N2/c1-14-7-5-8-15(13-14)16-9-6-12-17-10-3-2-4-11-17/h14-16H,2-13H2,1H3. The van der Waals surface area contributed by atoms with Gasteiger partial charge in [-0.05, 0) is 64.2 Å². The molecule has 0 radical (unpaired) electrons. The van der Waals surface area contributed by atoms with E-state index >= 15 is 0 Å². The molecule has 2 nitrogen and oxygen atoms in total. The largest absolute Gasteiger partial charge is 0.314 e. The average Bonchev–Trinajstić information content (AvgIpc) is 2.36. The molecule has 0 spiro atoms. The number of nitrogens with zero attached hydrogens (tertiary/aromatic N) is 1. The molecule has 0 aromatic rings. The summed E-state index contributed by atoms with van der Waals surface area (Å²) in [5, 5.41) is 3.76. The van der Waals surface area contributed by atoms with Gasteiger partial charge in [0.15, 0.2) is 0 Å². The third kappa shape index (κ3) is 4.97. The second-order valence-electron chi connectivity index (χ2n) is 6.18. The molecule has 1 aliphatic heterocycles. The zero-order valence-electron chi connectivity index (χ0n) is 11.6. The number of nitrogens with one attached hydrogen (secondary N) is 1. The van der Waals surface area contributed by atoms with Crippen LogP contribution >= 0.6 is 0 Å². The first kappa shape index (κ1) is 13.4. The maximum atomic E-state index is 3.76. The van der Waals surface area contributed by atoms with Gasteiger partial charge in [0.25, 0.3) is 0 Å². The first-order valence-electron chi connectivity index (χ1n) is 7.80. The summed E-state index contributed by atoms with van der Waals surface area (Å²) in [7, 11) is 0. The summed E-state index contributed by atoms with van der Waals surface area (Å²) < 4.78 is 0. The molecule has 1 saturated carbocycles. The lowest BCUT2D eigenvalue weighted by molar-refractivity contribution is 0.222. The third-order valence-electron chi connectivity index (χ3n) is 4.47. The molecule has 2 atom stereocenters. The van der Waals surface area contributed by atoms with E-state index in [2.05, 4.69) is 17.1 Å². The fourth-order valence-electron chi connectivity index (χ4n) is 3.41. The second kappa shape index (κ2) is 7.38. The predicted molar refractivity (Wildman–Crippen MR) is 74.3 cm³/mol. The molecule has 1 saturated heterocycles. The van der Waals surface area contributed by atoms with Gasteiger partial charge in [0, 0.05) is 6.04 Å². The van der Waals surface area contributed by atoms with Gasteiger partial charge in [-0.15, -0.1) is 0 Å². The van der Waals surface area contributed by atoms with Gasteiger partial charge >= 0.3 is 0 Å². The van der Waals surface area contributed by atoms with Gasteiger partial charge in [-0.3, -0.25) is 0 Å². The highest BCUT2D eigenvalue weighted by Crippen LogP contribution is 2.23. The lowest BCUT2D eigenvalue weighted by Crippen LogP contribution is -2.36. The molecule has 0 aromatic carbocycles. The number of piperidine rings is 1. The minimum Gasteiger partial charge on any atom is -0.314 e. The van der Waals surface area contributed by atoms with Crippen LogP contribution in [0.1, 0.15) is 58.3 Å². The summed E-state index contributed by atoms with van der Waals surface area (Å²) in [5.74, 6) is 0.948. The van der Waals surface area contributed by atoms with Crippen LogP contribution in [0.15, 0.2) is 0 Å². The monoisotopic (exact) mass is 238 g/mol. The van der Waals surface area contributed by atoms with Crippen molar-refractivity contribution in [1.82, 2.24) is 10.2 Å². The lowest BCUT2D eigenvalue weighted by Gasteiger charge is -2.29. The van der Waals surface area contributed by atoms with Gasteiger partial charge in [0.05, 0.1) is 0 Å². The van der Waals surface area contributed by atoms with Crippen LogP contribution in [-0.4, -0.2) is 37.1 Å². The van der Waals surface area contributed by atoms with Crippen molar-refractivity contribution >= 4 is 0 Å². The van der Waals surface area contributed by atoms with Crippen LogP contribution in [0.5, 0.6) is 0 Å². The van der Waals surface area contributed by atoms with Gasteiger partial charge in [-0.1, -0.05) is 26.2 Å². The first-order chi connectivity index (χ1) is 8.34. The molecule has 0 bridgehead atoms. The Labute approximate surface area is 107 Å². The number of likely N-dealkylation sites (tertiary alicyclic amines) is 1. The summed E-state index contributed by atoms with van der Waals surface area (Å²) >= 11 is 0. The molecular formula is C15H30N2. The van der Waals surface area contributed by atoms with Crippen molar-refractivity contribution < 1.29 is 0 Å². The van der Waals surface area contributed by atoms with Crippen LogP contribution in [0.25, 0.3) is 0 Å². The van der Waals surface area contributed by atoms with Crippen LogP contribution in [0, 0.1) is 5.92 Å². The van der Waals surface area contributed by atoms with E-state index in [9.17, 15) is 0 Å². The second-order valence-corrected chi connectivity index (χ2v) is 6.18. The van der Waals surface area contributed by atoms with E-state index in [0.717, 1.165) is 12.0 Å². The van der Waals surface area contributed by atoms with Gasteiger partial charge < -0.3 is 10.2 Å². The van der Waals surface area contributed by atoms with Gasteiger partial charge in [0.1, 0.15) is 0 Å². The summed E-state index contributed by atoms with van der Waals surface area (Å²) in [5.41, 5.74) is 0. The maximum absolute atomic E-state index is 3.76. The van der Waals surface area contributed by atoms with Crippen molar-refractivity contribution in [3.63, 3.8) is 0 Å². The van der Waals surface area contributed by atoms with Crippen molar-refractivity contribution in [3.05, 3.63) is 0 Å². The Morgan fingerprint density at radius 3 is 2.65 bits per heavy atom. The van der Waals surface area contributed by atoms with Crippen LogP contribution in [0.4, 0.5) is 0 Å². The molecule has 2 rings (SSSR count). The summed E-state index contributed by atoms with van der Waals surface area (Å²) in [6.45, 7) is 7.64. The highest BCUT2D eigenvalue weighted by atomic mass is 15.1. The van der Waals surface area contributed by atoms with Crippen LogP contribution in [-0.2, 0) is 0 Å². The molecule has 0 amide bonds. The molecule has 2 heteroatoms. The Hall–Kier alpha value is -0.0800. The number of hydrogen-bond acceptors (Lipinski definition) is 2. The average molecular weight is 238 g/mol. The Bertz CT molecular complexity index is 199. The van der Waals surface area contributed by atoms with Crippen molar-refractivity contribution in [3.8, 4) is 0 Å². The van der Waals surface area contributed by atoms with Crippen molar-refractivity contribution in [2.75, 3.05) is 26.2 Å². The molecule has 17 heavy (non-hydrogen) atoms. The van der Waals surface area contributed by atoms with E-state index in [0.29, 0.717) is 0 Å². The zero-order valence-corrected chi connectivity index (χ0v) is 11.6. The van der Waals surface area contributed by atoms with Crippen molar-refractivity contribution in [1.29, 1.82) is 0 Å². The highest BCUT2D eigenvalue weighted by Gasteiger charge is 2.17. The normalized spacial score (nSPS) is 31.6. The molecule has 1 N–H and O–H groups in total. The molecule has 1 heterocycles. The Morgan fingerprint density at radius 2 is 1.88 bits per heavy atom. The van der Waals surface area contributed by atoms with Crippen molar-refractivity contribution in [2.45, 2.75) is 64.3 Å². The fraction of sp³-hybridized carbons (Fsp3) is 1.00. The maximum Gasteiger partial charge on any atom is 0.00696 e. The summed E-state index contributed by atoms with van der Waals surface area (Å²) in [4.78, 5) is 2.65. The van der Waals surface area contributed by atoms with E-state index in [-0.39, 0.29) is 0 Å². The van der Waals surface area contributed by atoms with E-state index in [1.165, 1.54) is 77.5 Å². The molecular weight excluding hydrogens is 208 g/mol. The minimum absolute atomic E-state index is 0.820. The molecule has 100 valence electrons. The topological polar surface area (TPSA) is 15.3 Å². The van der Waals surface area contributed by atoms with Gasteiger partial charge in [-0.25, -0.2) is 0 Å². The summed E-state index contributed by atoms with van der Waals surface area (Å²) in [6, 6.07) is 0.820. The molecule has 1 aliphatic carbocycles. The number of rotatable bonds is 5. The third-order valence-corrected chi connectivity index (χ3v) is 4.47. The zero-order chi connectivity index (χ0) is 11.9. The van der Waals surface area contributed by atoms with E-state index in [4.69, 9.17) is 0 Å². The predicted octanol–water partition coefficient (Wildman–Crippen LogP) is 3.03. The fourth-order valence-corrected chi connectivity index (χ4v) is 3.41.